The van der Waals surface area contributed by atoms with Crippen molar-refractivity contribution in [3.05, 3.63) is 35.6 Å². The third kappa shape index (κ3) is 5.01. The van der Waals surface area contributed by atoms with E-state index in [9.17, 15) is 14.0 Å². The average Bonchev–Trinajstić information content (AvgIpc) is 3.02. The molecule has 0 aliphatic carbocycles. The molecular formula is C16H22FN3O3. The highest BCUT2D eigenvalue weighted by Crippen LogP contribution is 2.25. The van der Waals surface area contributed by atoms with Crippen LogP contribution in [0.1, 0.15) is 31.4 Å². The van der Waals surface area contributed by atoms with E-state index in [0.717, 1.165) is 5.56 Å². The molecule has 3 N–H and O–H groups in total. The highest BCUT2D eigenvalue weighted by molar-refractivity contribution is 5.80. The molecule has 2 atom stereocenters. The van der Waals surface area contributed by atoms with E-state index >= 15 is 0 Å². The lowest BCUT2D eigenvalue weighted by Gasteiger charge is -2.18. The molecule has 0 saturated carbocycles. The summed E-state index contributed by atoms with van der Waals surface area (Å²) >= 11 is 0. The van der Waals surface area contributed by atoms with Crippen LogP contribution in [0.3, 0.4) is 0 Å². The van der Waals surface area contributed by atoms with E-state index in [4.69, 9.17) is 4.74 Å². The van der Waals surface area contributed by atoms with Gasteiger partial charge in [0.05, 0.1) is 18.6 Å². The van der Waals surface area contributed by atoms with Crippen LogP contribution < -0.4 is 16.2 Å². The molecule has 0 radical (unpaired) electrons. The summed E-state index contributed by atoms with van der Waals surface area (Å²) in [5.74, 6) is -0.946. The fourth-order valence-corrected chi connectivity index (χ4v) is 2.54. The summed E-state index contributed by atoms with van der Waals surface area (Å²) < 4.78 is 17.8. The van der Waals surface area contributed by atoms with Crippen LogP contribution in [0.5, 0.6) is 0 Å². The summed E-state index contributed by atoms with van der Waals surface area (Å²) in [6, 6.07) is 5.88. The molecule has 1 saturated heterocycles. The zero-order valence-corrected chi connectivity index (χ0v) is 13.1. The number of hydrogen-bond donors (Lipinski definition) is 3. The fourth-order valence-electron chi connectivity index (χ4n) is 2.54. The summed E-state index contributed by atoms with van der Waals surface area (Å²) in [7, 11) is 0. The van der Waals surface area contributed by atoms with Crippen LogP contribution in [0.25, 0.3) is 0 Å². The Morgan fingerprint density at radius 1 is 1.35 bits per heavy atom. The number of amides is 1. The SMILES string of the molecule is CCOC(=O)CCCNC(=O)C1CNNC1c1ccc(F)cc1. The second kappa shape index (κ2) is 8.59. The number of nitrogens with one attached hydrogen (secondary N) is 3. The number of rotatable bonds is 7. The van der Waals surface area contributed by atoms with Crippen LogP contribution in [0.4, 0.5) is 4.39 Å². The van der Waals surface area contributed by atoms with Gasteiger partial charge in [-0.3, -0.25) is 15.0 Å². The lowest BCUT2D eigenvalue weighted by atomic mass is 9.94. The average molecular weight is 323 g/mol. The first-order valence-electron chi connectivity index (χ1n) is 7.79. The number of carbonyl (C=O) groups excluding carboxylic acids is 2. The van der Waals surface area contributed by atoms with Crippen LogP contribution in [0.15, 0.2) is 24.3 Å². The van der Waals surface area contributed by atoms with E-state index in [1.807, 2.05) is 0 Å². The maximum absolute atomic E-state index is 13.0. The van der Waals surface area contributed by atoms with Crippen LogP contribution in [-0.4, -0.2) is 31.6 Å². The van der Waals surface area contributed by atoms with Gasteiger partial charge in [-0.05, 0) is 31.0 Å². The molecule has 2 unspecified atom stereocenters. The Balaban J connectivity index is 1.81. The van der Waals surface area contributed by atoms with E-state index in [1.165, 1.54) is 12.1 Å². The largest absolute Gasteiger partial charge is 0.466 e. The number of benzene rings is 1. The highest BCUT2D eigenvalue weighted by Gasteiger charge is 2.33. The Bertz CT molecular complexity index is 536. The molecule has 1 aromatic rings. The van der Waals surface area contributed by atoms with Crippen molar-refractivity contribution in [2.45, 2.75) is 25.8 Å². The first-order valence-corrected chi connectivity index (χ1v) is 7.79. The topological polar surface area (TPSA) is 79.5 Å². The number of hydrogen-bond acceptors (Lipinski definition) is 5. The van der Waals surface area contributed by atoms with Crippen molar-refractivity contribution < 1.29 is 18.7 Å². The molecule has 7 heteroatoms. The van der Waals surface area contributed by atoms with E-state index in [2.05, 4.69) is 16.2 Å². The molecule has 1 fully saturated rings. The van der Waals surface area contributed by atoms with Crippen molar-refractivity contribution in [1.29, 1.82) is 0 Å². The Morgan fingerprint density at radius 2 is 2.09 bits per heavy atom. The molecule has 1 aliphatic heterocycles. The molecule has 126 valence electrons. The number of hydrazine groups is 1. The zero-order chi connectivity index (χ0) is 16.7. The van der Waals surface area contributed by atoms with E-state index in [0.29, 0.717) is 26.1 Å². The normalized spacial score (nSPS) is 20.3. The molecule has 2 rings (SSSR count). The summed E-state index contributed by atoms with van der Waals surface area (Å²) in [5, 5.41) is 2.83. The van der Waals surface area contributed by atoms with E-state index in [-0.39, 0.29) is 36.1 Å². The molecule has 0 spiro atoms. The predicted molar refractivity (Wildman–Crippen MR) is 82.6 cm³/mol. The molecule has 0 bridgehead atoms. The number of ether oxygens (including phenoxy) is 1. The lowest BCUT2D eigenvalue weighted by molar-refractivity contribution is -0.143. The molecule has 1 aliphatic rings. The van der Waals surface area contributed by atoms with Crippen molar-refractivity contribution in [2.24, 2.45) is 5.92 Å². The van der Waals surface area contributed by atoms with Gasteiger partial charge in [0.25, 0.3) is 0 Å². The first-order chi connectivity index (χ1) is 11.1. The second-order valence-corrected chi connectivity index (χ2v) is 5.36. The van der Waals surface area contributed by atoms with Gasteiger partial charge in [0.15, 0.2) is 0 Å². The molecule has 1 heterocycles. The highest BCUT2D eigenvalue weighted by atomic mass is 19.1. The van der Waals surface area contributed by atoms with Crippen LogP contribution in [0.2, 0.25) is 0 Å². The standard InChI is InChI=1S/C16H22FN3O3/c1-2-23-14(21)4-3-9-18-16(22)13-10-19-20-15(13)11-5-7-12(17)8-6-11/h5-8,13,15,19-20H,2-4,9-10H2,1H3,(H,18,22). The van der Waals surface area contributed by atoms with Crippen molar-refractivity contribution in [1.82, 2.24) is 16.2 Å². The van der Waals surface area contributed by atoms with Crippen LogP contribution in [0, 0.1) is 11.7 Å². The quantitative estimate of drug-likeness (QED) is 0.516. The maximum Gasteiger partial charge on any atom is 0.305 e. The zero-order valence-electron chi connectivity index (χ0n) is 13.1. The van der Waals surface area contributed by atoms with Gasteiger partial charge in [-0.2, -0.15) is 0 Å². The van der Waals surface area contributed by atoms with Crippen LogP contribution >= 0.6 is 0 Å². The van der Waals surface area contributed by atoms with Gasteiger partial charge in [-0.15, -0.1) is 0 Å². The van der Waals surface area contributed by atoms with Gasteiger partial charge in [-0.1, -0.05) is 12.1 Å². The molecule has 0 aromatic heterocycles. The third-order valence-electron chi connectivity index (χ3n) is 3.71. The summed E-state index contributed by atoms with van der Waals surface area (Å²) in [6.45, 7) is 3.04. The van der Waals surface area contributed by atoms with Gasteiger partial charge >= 0.3 is 5.97 Å². The number of carbonyl (C=O) groups is 2. The molecule has 1 amide bonds. The number of halogens is 1. The van der Waals surface area contributed by atoms with Gasteiger partial charge < -0.3 is 10.1 Å². The minimum absolute atomic E-state index is 0.0966. The minimum Gasteiger partial charge on any atom is -0.466 e. The Labute approximate surface area is 134 Å². The van der Waals surface area contributed by atoms with Crippen molar-refractivity contribution in [3.8, 4) is 0 Å². The third-order valence-corrected chi connectivity index (χ3v) is 3.71. The second-order valence-electron chi connectivity index (χ2n) is 5.36. The maximum atomic E-state index is 13.0. The van der Waals surface area contributed by atoms with Gasteiger partial charge in [0.2, 0.25) is 5.91 Å². The molecule has 1 aromatic carbocycles. The summed E-state index contributed by atoms with van der Waals surface area (Å²) in [5.41, 5.74) is 6.85. The van der Waals surface area contributed by atoms with Gasteiger partial charge in [-0.25, -0.2) is 9.82 Å². The van der Waals surface area contributed by atoms with Crippen molar-refractivity contribution in [2.75, 3.05) is 19.7 Å². The minimum atomic E-state index is -0.306. The van der Waals surface area contributed by atoms with Gasteiger partial charge in [0.1, 0.15) is 5.82 Å². The van der Waals surface area contributed by atoms with Gasteiger partial charge in [0, 0.05) is 19.5 Å². The Kier molecular flexibility index (Phi) is 6.49. The summed E-state index contributed by atoms with van der Waals surface area (Å²) in [6.07, 6.45) is 0.829. The van der Waals surface area contributed by atoms with Crippen LogP contribution in [-0.2, 0) is 14.3 Å². The first kappa shape index (κ1) is 17.4. The molecular weight excluding hydrogens is 301 g/mol. The van der Waals surface area contributed by atoms with E-state index in [1.54, 1.807) is 19.1 Å². The molecule has 23 heavy (non-hydrogen) atoms. The lowest BCUT2D eigenvalue weighted by Crippen LogP contribution is -2.35. The predicted octanol–water partition coefficient (Wildman–Crippen LogP) is 1.05. The van der Waals surface area contributed by atoms with Crippen molar-refractivity contribution in [3.63, 3.8) is 0 Å². The van der Waals surface area contributed by atoms with E-state index < -0.39 is 0 Å². The fraction of sp³-hybridized carbons (Fsp3) is 0.500. The smallest absolute Gasteiger partial charge is 0.305 e. The Morgan fingerprint density at radius 3 is 2.78 bits per heavy atom. The summed E-state index contributed by atoms with van der Waals surface area (Å²) in [4.78, 5) is 23.5. The number of esters is 1. The van der Waals surface area contributed by atoms with Crippen molar-refractivity contribution >= 4 is 11.9 Å². The molecule has 6 nitrogen and oxygen atoms in total. The monoisotopic (exact) mass is 323 g/mol. The Hall–Kier alpha value is -1.99.